The van der Waals surface area contributed by atoms with E-state index in [2.05, 4.69) is 12.1 Å². The molecular weight excluding hydrogens is 240 g/mol. The topological polar surface area (TPSA) is 46.5 Å². The molecule has 0 amide bonds. The summed E-state index contributed by atoms with van der Waals surface area (Å²) in [6.07, 6.45) is 4.24. The van der Waals surface area contributed by atoms with Gasteiger partial charge in [-0.15, -0.1) is 0 Å². The number of ether oxygens (including phenoxy) is 1. The van der Waals surface area contributed by atoms with Gasteiger partial charge in [0, 0.05) is 6.61 Å². The molecule has 1 N–H and O–H groups in total. The van der Waals surface area contributed by atoms with Gasteiger partial charge in [0.15, 0.2) is 0 Å². The Morgan fingerprint density at radius 3 is 2.79 bits per heavy atom. The predicted octanol–water partition coefficient (Wildman–Crippen LogP) is 2.67. The normalized spacial score (nSPS) is 30.6. The molecule has 3 heteroatoms. The van der Waals surface area contributed by atoms with Crippen LogP contribution in [0.4, 0.5) is 0 Å². The van der Waals surface area contributed by atoms with E-state index in [1.54, 1.807) is 0 Å². The first-order valence-electron chi connectivity index (χ1n) is 7.10. The maximum absolute atomic E-state index is 11.9. The van der Waals surface area contributed by atoms with Gasteiger partial charge in [0.1, 0.15) is 0 Å². The Morgan fingerprint density at radius 2 is 2.11 bits per heavy atom. The quantitative estimate of drug-likeness (QED) is 0.889. The minimum absolute atomic E-state index is 0.159. The smallest absolute Gasteiger partial charge is 0.310 e. The molecular formula is C16H20O3. The molecule has 1 aromatic carbocycles. The van der Waals surface area contributed by atoms with Crippen molar-refractivity contribution >= 4 is 5.97 Å². The summed E-state index contributed by atoms with van der Waals surface area (Å²) in [5.41, 5.74) is 1.91. The molecule has 1 fully saturated rings. The van der Waals surface area contributed by atoms with E-state index >= 15 is 0 Å². The Hall–Kier alpha value is -1.35. The van der Waals surface area contributed by atoms with Crippen LogP contribution in [0.5, 0.6) is 0 Å². The lowest BCUT2D eigenvalue weighted by Gasteiger charge is -2.42. The van der Waals surface area contributed by atoms with Crippen LogP contribution >= 0.6 is 0 Å². The largest absolute Gasteiger partial charge is 0.481 e. The Labute approximate surface area is 113 Å². The van der Waals surface area contributed by atoms with E-state index in [-0.39, 0.29) is 5.92 Å². The van der Waals surface area contributed by atoms with Gasteiger partial charge in [-0.3, -0.25) is 4.79 Å². The van der Waals surface area contributed by atoms with Gasteiger partial charge in [-0.25, -0.2) is 0 Å². The van der Waals surface area contributed by atoms with Crippen molar-refractivity contribution in [3.8, 4) is 0 Å². The zero-order valence-electron chi connectivity index (χ0n) is 11.1. The van der Waals surface area contributed by atoms with Gasteiger partial charge in [0.2, 0.25) is 0 Å². The summed E-state index contributed by atoms with van der Waals surface area (Å²) in [6, 6.07) is 8.25. The molecule has 2 atom stereocenters. The Morgan fingerprint density at radius 1 is 1.32 bits per heavy atom. The van der Waals surface area contributed by atoms with Crippen molar-refractivity contribution in [2.24, 2.45) is 11.3 Å². The van der Waals surface area contributed by atoms with Crippen LogP contribution in [-0.2, 0) is 22.4 Å². The lowest BCUT2D eigenvalue weighted by molar-refractivity contribution is -0.157. The summed E-state index contributed by atoms with van der Waals surface area (Å²) >= 11 is 0. The molecule has 3 rings (SSSR count). The van der Waals surface area contributed by atoms with Crippen molar-refractivity contribution in [1.82, 2.24) is 0 Å². The van der Waals surface area contributed by atoms with Gasteiger partial charge in [0.05, 0.1) is 12.0 Å². The van der Waals surface area contributed by atoms with Crippen LogP contribution in [0.3, 0.4) is 0 Å². The summed E-state index contributed by atoms with van der Waals surface area (Å²) in [5.74, 6) is -0.482. The van der Waals surface area contributed by atoms with E-state index in [4.69, 9.17) is 4.74 Å². The van der Waals surface area contributed by atoms with Gasteiger partial charge >= 0.3 is 5.97 Å². The van der Waals surface area contributed by atoms with Crippen molar-refractivity contribution in [1.29, 1.82) is 0 Å². The molecule has 102 valence electrons. The number of carbonyl (C=O) groups is 1. The monoisotopic (exact) mass is 260 g/mol. The summed E-state index contributed by atoms with van der Waals surface area (Å²) in [5, 5.41) is 9.81. The number of aliphatic carboxylic acids is 1. The zero-order valence-corrected chi connectivity index (χ0v) is 11.1. The van der Waals surface area contributed by atoms with Crippen LogP contribution in [-0.4, -0.2) is 24.3 Å². The summed E-state index contributed by atoms with van der Waals surface area (Å²) in [6.45, 7) is 1.39. The number of carboxylic acids is 1. The van der Waals surface area contributed by atoms with Crippen molar-refractivity contribution in [2.75, 3.05) is 13.2 Å². The molecule has 19 heavy (non-hydrogen) atoms. The first kappa shape index (κ1) is 12.7. The second kappa shape index (κ2) is 4.97. The van der Waals surface area contributed by atoms with Gasteiger partial charge in [0.25, 0.3) is 0 Å². The lowest BCUT2D eigenvalue weighted by Crippen LogP contribution is -2.46. The van der Waals surface area contributed by atoms with E-state index in [9.17, 15) is 9.90 Å². The van der Waals surface area contributed by atoms with Crippen LogP contribution in [0, 0.1) is 11.3 Å². The predicted molar refractivity (Wildman–Crippen MR) is 72.1 cm³/mol. The van der Waals surface area contributed by atoms with Crippen LogP contribution < -0.4 is 0 Å². The fraction of sp³-hybridized carbons (Fsp3) is 0.562. The second-order valence-electron chi connectivity index (χ2n) is 5.82. The van der Waals surface area contributed by atoms with Crippen molar-refractivity contribution in [2.45, 2.75) is 32.1 Å². The molecule has 1 aliphatic carbocycles. The summed E-state index contributed by atoms with van der Waals surface area (Å²) in [4.78, 5) is 11.9. The van der Waals surface area contributed by atoms with E-state index in [0.29, 0.717) is 13.0 Å². The number of hydrogen-bond acceptors (Lipinski definition) is 2. The van der Waals surface area contributed by atoms with Crippen LogP contribution in [0.25, 0.3) is 0 Å². The summed E-state index contributed by atoms with van der Waals surface area (Å²) in [7, 11) is 0. The zero-order chi connectivity index (χ0) is 13.3. The molecule has 1 heterocycles. The third kappa shape index (κ3) is 2.16. The third-order valence-corrected chi connectivity index (χ3v) is 4.83. The van der Waals surface area contributed by atoms with Crippen LogP contribution in [0.2, 0.25) is 0 Å². The minimum Gasteiger partial charge on any atom is -0.481 e. The maximum Gasteiger partial charge on any atom is 0.310 e. The van der Waals surface area contributed by atoms with Crippen LogP contribution in [0.15, 0.2) is 24.3 Å². The second-order valence-corrected chi connectivity index (χ2v) is 5.82. The minimum atomic E-state index is -0.641. The SMILES string of the molecule is O=C(O)C1(C2CCCOC2)CCc2ccccc2C1. The maximum atomic E-state index is 11.9. The lowest BCUT2D eigenvalue weighted by atomic mass is 9.63. The van der Waals surface area contributed by atoms with Crippen molar-refractivity contribution in [3.63, 3.8) is 0 Å². The number of hydrogen-bond donors (Lipinski definition) is 1. The Bertz CT molecular complexity index is 477. The van der Waals surface area contributed by atoms with Gasteiger partial charge in [-0.05, 0) is 49.1 Å². The van der Waals surface area contributed by atoms with Crippen molar-refractivity contribution < 1.29 is 14.6 Å². The molecule has 3 nitrogen and oxygen atoms in total. The molecule has 0 aromatic heterocycles. The molecule has 2 aliphatic rings. The third-order valence-electron chi connectivity index (χ3n) is 4.83. The van der Waals surface area contributed by atoms with Gasteiger partial charge in [-0.1, -0.05) is 24.3 Å². The van der Waals surface area contributed by atoms with E-state index in [1.807, 2.05) is 12.1 Å². The number of benzene rings is 1. The first-order chi connectivity index (χ1) is 9.22. The molecule has 0 spiro atoms. The fourth-order valence-electron chi connectivity index (χ4n) is 3.64. The molecule has 2 unspecified atom stereocenters. The standard InChI is InChI=1S/C16H20O3/c17-15(18)16(14-6-3-9-19-11-14)8-7-12-4-1-2-5-13(12)10-16/h1-2,4-5,14H,3,6-11H2,(H,17,18). The average Bonchev–Trinajstić information content (AvgIpc) is 2.47. The van der Waals surface area contributed by atoms with Crippen molar-refractivity contribution in [3.05, 3.63) is 35.4 Å². The van der Waals surface area contributed by atoms with E-state index < -0.39 is 11.4 Å². The number of fused-ring (bicyclic) bond motifs is 1. The van der Waals surface area contributed by atoms with E-state index in [0.717, 1.165) is 32.3 Å². The fourth-order valence-corrected chi connectivity index (χ4v) is 3.64. The van der Waals surface area contributed by atoms with Crippen LogP contribution in [0.1, 0.15) is 30.4 Å². The molecule has 0 saturated carbocycles. The van der Waals surface area contributed by atoms with Gasteiger partial charge in [-0.2, -0.15) is 0 Å². The molecule has 1 aromatic rings. The Kier molecular flexibility index (Phi) is 3.31. The highest BCUT2D eigenvalue weighted by Crippen LogP contribution is 2.44. The highest BCUT2D eigenvalue weighted by molar-refractivity contribution is 5.76. The number of carboxylic acid groups (broad SMARTS) is 1. The van der Waals surface area contributed by atoms with Gasteiger partial charge < -0.3 is 9.84 Å². The highest BCUT2D eigenvalue weighted by atomic mass is 16.5. The molecule has 1 saturated heterocycles. The molecule has 0 bridgehead atoms. The summed E-state index contributed by atoms with van der Waals surface area (Å²) < 4.78 is 5.54. The average molecular weight is 260 g/mol. The molecule has 1 aliphatic heterocycles. The molecule has 0 radical (unpaired) electrons. The Balaban J connectivity index is 1.93. The van der Waals surface area contributed by atoms with E-state index in [1.165, 1.54) is 11.1 Å². The number of rotatable bonds is 2. The number of aryl methyl sites for hydroxylation is 1. The highest BCUT2D eigenvalue weighted by Gasteiger charge is 2.48. The first-order valence-corrected chi connectivity index (χ1v) is 7.10.